The van der Waals surface area contributed by atoms with Crippen molar-refractivity contribution in [2.45, 2.75) is 4.90 Å². The number of amides is 2. The number of hydrogen-bond acceptors (Lipinski definition) is 7. The van der Waals surface area contributed by atoms with Gasteiger partial charge in [-0.2, -0.15) is 0 Å². The van der Waals surface area contributed by atoms with Gasteiger partial charge in [0.15, 0.2) is 5.01 Å². The summed E-state index contributed by atoms with van der Waals surface area (Å²) in [6.45, 7) is 2.05. The van der Waals surface area contributed by atoms with E-state index in [0.29, 0.717) is 36.8 Å². The Morgan fingerprint density at radius 2 is 1.58 bits per heavy atom. The highest BCUT2D eigenvalue weighted by atomic mass is 32.2. The second kappa shape index (κ2) is 9.60. The van der Waals surface area contributed by atoms with Gasteiger partial charge in [0.25, 0.3) is 11.8 Å². The molecule has 1 aliphatic rings. The fourth-order valence-electron chi connectivity index (χ4n) is 3.71. The predicted octanol–water partition coefficient (Wildman–Crippen LogP) is 4.41. The van der Waals surface area contributed by atoms with E-state index in [-0.39, 0.29) is 11.8 Å². The molecule has 33 heavy (non-hydrogen) atoms. The van der Waals surface area contributed by atoms with Crippen LogP contribution < -0.4 is 4.72 Å². The predicted molar refractivity (Wildman–Crippen MR) is 132 cm³/mol. The summed E-state index contributed by atoms with van der Waals surface area (Å²) in [5.74, 6) is -0.0831. The van der Waals surface area contributed by atoms with Gasteiger partial charge in [-0.25, -0.2) is 4.98 Å². The number of aromatic nitrogens is 2. The van der Waals surface area contributed by atoms with Gasteiger partial charge in [0.1, 0.15) is 0 Å². The minimum Gasteiger partial charge on any atom is -0.335 e. The van der Waals surface area contributed by atoms with Gasteiger partial charge in [-0.05, 0) is 48.3 Å². The number of hydrogen-bond donors (Lipinski definition) is 1. The summed E-state index contributed by atoms with van der Waals surface area (Å²) in [6.07, 6.45) is 3.43. The lowest BCUT2D eigenvalue weighted by molar-refractivity contribution is 0.0535. The molecule has 0 bridgehead atoms. The van der Waals surface area contributed by atoms with Crippen LogP contribution >= 0.6 is 23.3 Å². The number of benzene rings is 2. The van der Waals surface area contributed by atoms with Crippen molar-refractivity contribution in [1.29, 1.82) is 0 Å². The molecule has 0 atom stereocenters. The summed E-state index contributed by atoms with van der Waals surface area (Å²) < 4.78 is 3.33. The Kier molecular flexibility index (Phi) is 6.23. The maximum Gasteiger partial charge on any atom is 0.282 e. The number of pyridine rings is 1. The van der Waals surface area contributed by atoms with E-state index < -0.39 is 0 Å². The molecule has 2 amide bonds. The fourth-order valence-corrected chi connectivity index (χ4v) is 5.09. The van der Waals surface area contributed by atoms with Crippen molar-refractivity contribution < 1.29 is 9.59 Å². The molecule has 0 spiro atoms. The second-order valence-corrected chi connectivity index (χ2v) is 9.28. The van der Waals surface area contributed by atoms with Gasteiger partial charge in [0.2, 0.25) is 0 Å². The number of piperazine rings is 1. The lowest BCUT2D eigenvalue weighted by Gasteiger charge is -2.34. The van der Waals surface area contributed by atoms with Crippen molar-refractivity contribution in [3.8, 4) is 0 Å². The van der Waals surface area contributed by atoms with Crippen molar-refractivity contribution in [3.05, 3.63) is 82.9 Å². The maximum atomic E-state index is 12.9. The van der Waals surface area contributed by atoms with Crippen LogP contribution in [0.5, 0.6) is 0 Å². The zero-order valence-electron chi connectivity index (χ0n) is 17.7. The number of anilines is 1. The minimum absolute atomic E-state index is 0.0196. The molecule has 166 valence electrons. The molecule has 7 nitrogen and oxygen atoms in total. The highest BCUT2D eigenvalue weighted by Gasteiger charge is 2.26. The molecule has 0 aliphatic carbocycles. The number of para-hydroxylation sites is 1. The molecule has 1 fully saturated rings. The quantitative estimate of drug-likeness (QED) is 0.431. The lowest BCUT2D eigenvalue weighted by atomic mass is 10.1. The number of carbonyl (C=O) groups is 2. The van der Waals surface area contributed by atoms with E-state index in [1.54, 1.807) is 27.6 Å². The molecule has 4 aromatic rings. The van der Waals surface area contributed by atoms with Crippen LogP contribution in [0, 0.1) is 0 Å². The van der Waals surface area contributed by atoms with Crippen LogP contribution in [0.1, 0.15) is 20.2 Å². The van der Waals surface area contributed by atoms with Crippen LogP contribution in [-0.2, 0) is 0 Å². The molecular weight excluding hydrogens is 454 g/mol. The number of rotatable bonds is 5. The Morgan fingerprint density at radius 3 is 2.30 bits per heavy atom. The molecule has 3 heterocycles. The number of thiazole rings is 1. The standard InChI is InChI=1S/C24H21N5O2S2/c30-23(28-12-14-29(15-13-28)24(31)22-26-11-16-32-22)18-6-8-19(9-7-18)27-33-20-5-1-3-17-4-2-10-25-21(17)20/h1-11,16,27H,12-15H2. The Bertz CT molecular complexity index is 1260. The van der Waals surface area contributed by atoms with Gasteiger partial charge in [-0.3, -0.25) is 14.6 Å². The highest BCUT2D eigenvalue weighted by Crippen LogP contribution is 2.27. The molecule has 0 unspecified atom stereocenters. The molecule has 1 aliphatic heterocycles. The molecule has 9 heteroatoms. The number of nitrogens with one attached hydrogen (secondary N) is 1. The van der Waals surface area contributed by atoms with E-state index in [9.17, 15) is 9.59 Å². The lowest BCUT2D eigenvalue weighted by Crippen LogP contribution is -2.50. The molecule has 5 rings (SSSR count). The van der Waals surface area contributed by atoms with Crippen LogP contribution in [0.3, 0.4) is 0 Å². The Labute approximate surface area is 199 Å². The summed E-state index contributed by atoms with van der Waals surface area (Å²) in [4.78, 5) is 38.5. The Hall–Kier alpha value is -3.43. The fraction of sp³-hybridized carbons (Fsp3) is 0.167. The van der Waals surface area contributed by atoms with E-state index in [2.05, 4.69) is 14.7 Å². The smallest absolute Gasteiger partial charge is 0.282 e. The first-order valence-corrected chi connectivity index (χ1v) is 12.2. The summed E-state index contributed by atoms with van der Waals surface area (Å²) >= 11 is 2.84. The number of fused-ring (bicyclic) bond motifs is 1. The summed E-state index contributed by atoms with van der Waals surface area (Å²) in [7, 11) is 0. The van der Waals surface area contributed by atoms with Crippen molar-refractivity contribution >= 4 is 51.7 Å². The van der Waals surface area contributed by atoms with Crippen molar-refractivity contribution in [3.63, 3.8) is 0 Å². The molecule has 2 aromatic carbocycles. The Balaban J connectivity index is 1.17. The average molecular weight is 476 g/mol. The first kappa shape index (κ1) is 21.4. The van der Waals surface area contributed by atoms with Gasteiger partial charge in [-0.15, -0.1) is 11.3 Å². The van der Waals surface area contributed by atoms with Crippen LogP contribution in [0.4, 0.5) is 5.69 Å². The molecule has 2 aromatic heterocycles. The first-order chi connectivity index (χ1) is 16.2. The largest absolute Gasteiger partial charge is 0.335 e. The van der Waals surface area contributed by atoms with Gasteiger partial charge in [-0.1, -0.05) is 18.2 Å². The monoisotopic (exact) mass is 475 g/mol. The van der Waals surface area contributed by atoms with E-state index in [0.717, 1.165) is 21.5 Å². The zero-order chi connectivity index (χ0) is 22.6. The average Bonchev–Trinajstić information content (AvgIpc) is 3.42. The van der Waals surface area contributed by atoms with Crippen LogP contribution in [0.25, 0.3) is 10.9 Å². The van der Waals surface area contributed by atoms with E-state index in [1.165, 1.54) is 23.3 Å². The molecular formula is C24H21N5O2S2. The van der Waals surface area contributed by atoms with Crippen molar-refractivity contribution in [2.24, 2.45) is 0 Å². The second-order valence-electron chi connectivity index (χ2n) is 7.53. The third kappa shape index (κ3) is 4.69. The van der Waals surface area contributed by atoms with Crippen molar-refractivity contribution in [1.82, 2.24) is 19.8 Å². The van der Waals surface area contributed by atoms with Gasteiger partial charge in [0, 0.05) is 60.6 Å². The molecule has 0 saturated carbocycles. The van der Waals surface area contributed by atoms with E-state index in [4.69, 9.17) is 0 Å². The van der Waals surface area contributed by atoms with E-state index in [1.807, 2.05) is 54.6 Å². The summed E-state index contributed by atoms with van der Waals surface area (Å²) in [5.41, 5.74) is 2.50. The Morgan fingerprint density at radius 1 is 0.848 bits per heavy atom. The third-order valence-electron chi connectivity index (χ3n) is 5.48. The van der Waals surface area contributed by atoms with Gasteiger partial charge < -0.3 is 14.5 Å². The molecule has 0 radical (unpaired) electrons. The van der Waals surface area contributed by atoms with Crippen molar-refractivity contribution in [2.75, 3.05) is 30.9 Å². The normalized spacial score (nSPS) is 13.8. The zero-order valence-corrected chi connectivity index (χ0v) is 19.3. The molecule has 1 N–H and O–H groups in total. The number of carbonyl (C=O) groups excluding carboxylic acids is 2. The summed E-state index contributed by atoms with van der Waals surface area (Å²) in [6, 6.07) is 17.5. The topological polar surface area (TPSA) is 78.4 Å². The molecule has 1 saturated heterocycles. The summed E-state index contributed by atoms with van der Waals surface area (Å²) in [5, 5.41) is 3.39. The van der Waals surface area contributed by atoms with Gasteiger partial charge >= 0.3 is 0 Å². The maximum absolute atomic E-state index is 12.9. The SMILES string of the molecule is O=C(c1ccc(NSc2cccc3cccnc23)cc1)N1CCN(C(=O)c2nccs2)CC1. The van der Waals surface area contributed by atoms with E-state index >= 15 is 0 Å². The minimum atomic E-state index is -0.0635. The first-order valence-electron chi connectivity index (χ1n) is 10.5. The van der Waals surface area contributed by atoms with Crippen LogP contribution in [-0.4, -0.2) is 57.8 Å². The highest BCUT2D eigenvalue weighted by molar-refractivity contribution is 8.00. The van der Waals surface area contributed by atoms with Crippen LogP contribution in [0.2, 0.25) is 0 Å². The number of nitrogens with zero attached hydrogens (tertiary/aromatic N) is 4. The van der Waals surface area contributed by atoms with Gasteiger partial charge in [0.05, 0.1) is 10.4 Å². The third-order valence-corrected chi connectivity index (χ3v) is 7.12. The van der Waals surface area contributed by atoms with Crippen LogP contribution in [0.15, 0.2) is 77.3 Å².